The molecule has 18 heavy (non-hydrogen) atoms. The first-order valence-electron chi connectivity index (χ1n) is 6.94. The molecule has 0 spiro atoms. The Morgan fingerprint density at radius 2 is 1.89 bits per heavy atom. The van der Waals surface area contributed by atoms with Crippen molar-refractivity contribution in [2.45, 2.75) is 25.7 Å². The molecule has 100 valence electrons. The zero-order valence-corrected chi connectivity index (χ0v) is 12.7. The normalized spacial score (nSPS) is 18.8. The van der Waals surface area contributed by atoms with E-state index < -0.39 is 0 Å². The van der Waals surface area contributed by atoms with Crippen molar-refractivity contribution in [2.24, 2.45) is 0 Å². The van der Waals surface area contributed by atoms with Crippen LogP contribution in [0.1, 0.15) is 31.2 Å². The van der Waals surface area contributed by atoms with E-state index in [0.717, 1.165) is 13.1 Å². The molecule has 2 rings (SSSR count). The van der Waals surface area contributed by atoms with Gasteiger partial charge in [-0.1, -0.05) is 35.0 Å². The van der Waals surface area contributed by atoms with Crippen LogP contribution < -0.4 is 5.32 Å². The molecule has 0 aliphatic carbocycles. The topological polar surface area (TPSA) is 15.3 Å². The number of benzene rings is 1. The van der Waals surface area contributed by atoms with Gasteiger partial charge in [-0.15, -0.1) is 0 Å². The van der Waals surface area contributed by atoms with E-state index in [-0.39, 0.29) is 0 Å². The largest absolute Gasteiger partial charge is 0.314 e. The van der Waals surface area contributed by atoms with Crippen LogP contribution in [0.3, 0.4) is 0 Å². The summed E-state index contributed by atoms with van der Waals surface area (Å²) in [5.41, 5.74) is 1.46. The second-order valence-corrected chi connectivity index (χ2v) is 6.10. The smallest absolute Gasteiger partial charge is 0.0175 e. The van der Waals surface area contributed by atoms with E-state index in [1.165, 1.54) is 42.5 Å². The highest BCUT2D eigenvalue weighted by atomic mass is 79.9. The third-order valence-electron chi connectivity index (χ3n) is 3.76. The summed E-state index contributed by atoms with van der Waals surface area (Å²) in [5, 5.41) is 3.40. The van der Waals surface area contributed by atoms with Crippen molar-refractivity contribution in [2.75, 3.05) is 32.7 Å². The monoisotopic (exact) mass is 310 g/mol. The molecule has 0 radical (unpaired) electrons. The molecule has 1 fully saturated rings. The molecule has 0 saturated carbocycles. The number of nitrogens with zero attached hydrogens (tertiary/aromatic N) is 1. The van der Waals surface area contributed by atoms with Gasteiger partial charge in [0.05, 0.1) is 0 Å². The van der Waals surface area contributed by atoms with Crippen molar-refractivity contribution in [1.29, 1.82) is 0 Å². The van der Waals surface area contributed by atoms with E-state index in [1.807, 2.05) is 0 Å². The Labute approximate surface area is 119 Å². The standard InChI is InChI=1S/C15H23BrN2/c1-13(14-4-6-15(16)7-5-14)3-2-10-18-11-8-17-9-12-18/h4-7,13,17H,2-3,8-12H2,1H3. The molecule has 1 atom stereocenters. The highest BCUT2D eigenvalue weighted by molar-refractivity contribution is 9.10. The van der Waals surface area contributed by atoms with Gasteiger partial charge in [0.15, 0.2) is 0 Å². The molecular weight excluding hydrogens is 288 g/mol. The summed E-state index contributed by atoms with van der Waals surface area (Å²) >= 11 is 3.49. The number of rotatable bonds is 5. The fourth-order valence-electron chi connectivity index (χ4n) is 2.51. The molecule has 1 saturated heterocycles. The Morgan fingerprint density at radius 1 is 1.22 bits per heavy atom. The lowest BCUT2D eigenvalue weighted by atomic mass is 9.96. The Morgan fingerprint density at radius 3 is 2.56 bits per heavy atom. The molecule has 2 nitrogen and oxygen atoms in total. The van der Waals surface area contributed by atoms with Crippen LogP contribution in [0, 0.1) is 0 Å². The van der Waals surface area contributed by atoms with E-state index in [9.17, 15) is 0 Å². The summed E-state index contributed by atoms with van der Waals surface area (Å²) in [6.07, 6.45) is 2.59. The van der Waals surface area contributed by atoms with Gasteiger partial charge in [0, 0.05) is 30.7 Å². The van der Waals surface area contributed by atoms with Crippen LogP contribution in [0.4, 0.5) is 0 Å². The van der Waals surface area contributed by atoms with E-state index in [1.54, 1.807) is 0 Å². The fourth-order valence-corrected chi connectivity index (χ4v) is 2.78. The zero-order valence-electron chi connectivity index (χ0n) is 11.2. The number of hydrogen-bond acceptors (Lipinski definition) is 2. The first-order valence-corrected chi connectivity index (χ1v) is 7.73. The van der Waals surface area contributed by atoms with Crippen LogP contribution in [0.2, 0.25) is 0 Å². The number of nitrogens with one attached hydrogen (secondary N) is 1. The molecule has 0 amide bonds. The molecule has 1 unspecified atom stereocenters. The molecule has 1 N–H and O–H groups in total. The van der Waals surface area contributed by atoms with Gasteiger partial charge < -0.3 is 10.2 Å². The minimum atomic E-state index is 0.668. The van der Waals surface area contributed by atoms with Crippen molar-refractivity contribution in [1.82, 2.24) is 10.2 Å². The molecule has 0 bridgehead atoms. The molecule has 1 heterocycles. The Hall–Kier alpha value is -0.380. The molecule has 1 aliphatic rings. The average Bonchev–Trinajstić information content (AvgIpc) is 2.40. The van der Waals surface area contributed by atoms with Gasteiger partial charge in [0.2, 0.25) is 0 Å². The molecule has 0 aromatic heterocycles. The van der Waals surface area contributed by atoms with E-state index in [4.69, 9.17) is 0 Å². The number of hydrogen-bond donors (Lipinski definition) is 1. The van der Waals surface area contributed by atoms with Gasteiger partial charge in [-0.25, -0.2) is 0 Å². The maximum Gasteiger partial charge on any atom is 0.0175 e. The molecule has 1 aromatic rings. The SMILES string of the molecule is CC(CCCN1CCNCC1)c1ccc(Br)cc1. The minimum absolute atomic E-state index is 0.668. The molecule has 3 heteroatoms. The van der Waals surface area contributed by atoms with Gasteiger partial charge in [-0.3, -0.25) is 0 Å². The summed E-state index contributed by atoms with van der Waals surface area (Å²) in [6, 6.07) is 8.75. The second-order valence-electron chi connectivity index (χ2n) is 5.19. The van der Waals surface area contributed by atoms with Crippen LogP contribution in [-0.4, -0.2) is 37.6 Å². The third-order valence-corrected chi connectivity index (χ3v) is 4.29. The minimum Gasteiger partial charge on any atom is -0.314 e. The fraction of sp³-hybridized carbons (Fsp3) is 0.600. The van der Waals surface area contributed by atoms with Crippen molar-refractivity contribution in [3.05, 3.63) is 34.3 Å². The summed E-state index contributed by atoms with van der Waals surface area (Å²) in [4.78, 5) is 2.57. The van der Waals surface area contributed by atoms with Gasteiger partial charge in [-0.2, -0.15) is 0 Å². The van der Waals surface area contributed by atoms with Gasteiger partial charge in [-0.05, 0) is 43.0 Å². The lowest BCUT2D eigenvalue weighted by Gasteiger charge is -2.27. The predicted octanol–water partition coefficient (Wildman–Crippen LogP) is 3.24. The Bertz CT molecular complexity index is 344. The summed E-state index contributed by atoms with van der Waals surface area (Å²) in [6.45, 7) is 8.33. The van der Waals surface area contributed by atoms with E-state index >= 15 is 0 Å². The van der Waals surface area contributed by atoms with Crippen molar-refractivity contribution in [3.8, 4) is 0 Å². The second kappa shape index (κ2) is 7.27. The van der Waals surface area contributed by atoms with Crippen molar-refractivity contribution >= 4 is 15.9 Å². The van der Waals surface area contributed by atoms with Crippen LogP contribution in [0.25, 0.3) is 0 Å². The molecule has 1 aromatic carbocycles. The summed E-state index contributed by atoms with van der Waals surface area (Å²) in [7, 11) is 0. The van der Waals surface area contributed by atoms with E-state index in [0.29, 0.717) is 5.92 Å². The Kier molecular flexibility index (Phi) is 5.67. The molecule has 1 aliphatic heterocycles. The summed E-state index contributed by atoms with van der Waals surface area (Å²) < 4.78 is 1.17. The van der Waals surface area contributed by atoms with Crippen LogP contribution in [0.5, 0.6) is 0 Å². The zero-order chi connectivity index (χ0) is 12.8. The lowest BCUT2D eigenvalue weighted by Crippen LogP contribution is -2.43. The highest BCUT2D eigenvalue weighted by Gasteiger charge is 2.10. The van der Waals surface area contributed by atoms with Crippen LogP contribution in [0.15, 0.2) is 28.7 Å². The van der Waals surface area contributed by atoms with Crippen LogP contribution in [-0.2, 0) is 0 Å². The van der Waals surface area contributed by atoms with E-state index in [2.05, 4.69) is 57.3 Å². The number of halogens is 1. The lowest BCUT2D eigenvalue weighted by molar-refractivity contribution is 0.235. The first-order chi connectivity index (χ1) is 8.75. The quantitative estimate of drug-likeness (QED) is 0.898. The maximum atomic E-state index is 3.49. The van der Waals surface area contributed by atoms with Gasteiger partial charge in [0.25, 0.3) is 0 Å². The maximum absolute atomic E-state index is 3.49. The van der Waals surface area contributed by atoms with Gasteiger partial charge in [0.1, 0.15) is 0 Å². The van der Waals surface area contributed by atoms with Crippen molar-refractivity contribution < 1.29 is 0 Å². The predicted molar refractivity (Wildman–Crippen MR) is 81.1 cm³/mol. The summed E-state index contributed by atoms with van der Waals surface area (Å²) in [5.74, 6) is 0.668. The number of piperazine rings is 1. The average molecular weight is 311 g/mol. The first kappa shape index (κ1) is 14.0. The van der Waals surface area contributed by atoms with Gasteiger partial charge >= 0.3 is 0 Å². The van der Waals surface area contributed by atoms with Crippen molar-refractivity contribution in [3.63, 3.8) is 0 Å². The highest BCUT2D eigenvalue weighted by Crippen LogP contribution is 2.22. The Balaban J connectivity index is 1.70. The molecular formula is C15H23BrN2. The third kappa shape index (κ3) is 4.38. The van der Waals surface area contributed by atoms with Crippen LogP contribution >= 0.6 is 15.9 Å².